The summed E-state index contributed by atoms with van der Waals surface area (Å²) in [4.78, 5) is 2.62. The Morgan fingerprint density at radius 1 is 1.47 bits per heavy atom. The molecule has 87 valence electrons. The van der Waals surface area contributed by atoms with Crippen LogP contribution in [0.15, 0.2) is 0 Å². The Balaban J connectivity index is 0.000000853. The number of fused-ring (bicyclic) bond motifs is 2. The number of halogens is 1. The molecular weight excluding hydrogens is 473 g/mol. The molecular formula is C11H18IN2Re-. The van der Waals surface area contributed by atoms with Crippen LogP contribution >= 0.6 is 22.9 Å². The molecule has 0 saturated carbocycles. The minimum atomic E-state index is 0. The summed E-state index contributed by atoms with van der Waals surface area (Å²) in [6.07, 6.45) is 4.27. The van der Waals surface area contributed by atoms with E-state index < -0.39 is 0 Å². The van der Waals surface area contributed by atoms with Gasteiger partial charge in [-0.3, -0.25) is 0 Å². The van der Waals surface area contributed by atoms with Gasteiger partial charge in [-0.2, -0.15) is 6.92 Å². The van der Waals surface area contributed by atoms with Gasteiger partial charge in [0.2, 0.25) is 0 Å². The fraction of sp³-hybridized carbons (Fsp3) is 0.909. The molecule has 0 bridgehead atoms. The van der Waals surface area contributed by atoms with Crippen LogP contribution in [0.2, 0.25) is 0 Å². The first-order valence-electron chi connectivity index (χ1n) is 5.67. The van der Waals surface area contributed by atoms with Crippen molar-refractivity contribution in [2.45, 2.75) is 44.7 Å². The number of hydrogen-bond donors (Lipinski definition) is 0. The van der Waals surface area contributed by atoms with E-state index >= 15 is 0 Å². The van der Waals surface area contributed by atoms with Gasteiger partial charge in [-0.05, 0) is 25.3 Å². The van der Waals surface area contributed by atoms with Gasteiger partial charge in [-0.15, -0.1) is 5.54 Å². The molecule has 0 aromatic rings. The van der Waals surface area contributed by atoms with Crippen LogP contribution < -0.4 is 0 Å². The maximum atomic E-state index is 2.62. The molecule has 0 N–H and O–H groups in total. The number of rotatable bonds is 0. The van der Waals surface area contributed by atoms with Crippen LogP contribution in [0.5, 0.6) is 0 Å². The molecule has 1 radical (unpaired) electrons. The molecule has 0 aliphatic carbocycles. The average Bonchev–Trinajstić information content (AvgIpc) is 2.67. The summed E-state index contributed by atoms with van der Waals surface area (Å²) in [5.74, 6) is 0.958. The van der Waals surface area contributed by atoms with Crippen molar-refractivity contribution in [3.05, 3.63) is 6.04 Å². The first-order chi connectivity index (χ1) is 6.63. The molecule has 3 fully saturated rings. The van der Waals surface area contributed by atoms with Gasteiger partial charge in [0, 0.05) is 55.9 Å². The van der Waals surface area contributed by atoms with Crippen LogP contribution in [0.3, 0.4) is 0 Å². The quantitative estimate of drug-likeness (QED) is 0.222. The molecule has 3 aliphatic heterocycles. The van der Waals surface area contributed by atoms with Gasteiger partial charge >= 0.3 is 0 Å². The molecule has 4 heteroatoms. The Morgan fingerprint density at radius 2 is 2.20 bits per heavy atom. The van der Waals surface area contributed by atoms with Gasteiger partial charge in [0.05, 0.1) is 0 Å². The number of piperidine rings is 2. The Hall–Kier alpha value is 1.31. The molecule has 4 atom stereocenters. The van der Waals surface area contributed by atoms with E-state index in [1.54, 1.807) is 6.04 Å². The summed E-state index contributed by atoms with van der Waals surface area (Å²) in [5, 5.41) is 0. The minimum absolute atomic E-state index is 0. The van der Waals surface area contributed by atoms with Crippen LogP contribution in [0, 0.1) is 12.0 Å². The smallest absolute Gasteiger partial charge is 0.0324 e. The van der Waals surface area contributed by atoms with E-state index in [2.05, 4.69) is 44.7 Å². The van der Waals surface area contributed by atoms with E-state index in [0.717, 1.165) is 12.0 Å². The summed E-state index contributed by atoms with van der Waals surface area (Å²) in [5.41, 5.74) is 0.496. The van der Waals surface area contributed by atoms with Crippen LogP contribution in [0.25, 0.3) is 0 Å². The maximum absolute atomic E-state index is 2.62. The minimum Gasteiger partial charge on any atom is -0.470 e. The third-order valence-electron chi connectivity index (χ3n) is 4.61. The van der Waals surface area contributed by atoms with Gasteiger partial charge in [-0.25, -0.2) is 9.16 Å². The largest absolute Gasteiger partial charge is 0.470 e. The second-order valence-electron chi connectivity index (χ2n) is 5.27. The van der Waals surface area contributed by atoms with E-state index in [0.29, 0.717) is 5.54 Å². The van der Waals surface area contributed by atoms with Crippen molar-refractivity contribution in [2.24, 2.45) is 5.92 Å². The van der Waals surface area contributed by atoms with E-state index in [-0.39, 0.29) is 20.4 Å². The van der Waals surface area contributed by atoms with Crippen LogP contribution in [-0.4, -0.2) is 32.7 Å². The van der Waals surface area contributed by atoms with Gasteiger partial charge in [0.15, 0.2) is 0 Å². The Labute approximate surface area is 120 Å². The number of hydrogen-bond acceptors (Lipinski definition) is 2. The fourth-order valence-electron chi connectivity index (χ4n) is 3.45. The topological polar surface area (TPSA) is 6.25 Å². The third kappa shape index (κ3) is 1.85. The van der Waals surface area contributed by atoms with Gasteiger partial charge in [-0.1, -0.05) is 13.3 Å². The Bertz CT molecular complexity index is 263. The molecule has 15 heavy (non-hydrogen) atoms. The zero-order chi connectivity index (χ0) is 9.92. The van der Waals surface area contributed by atoms with Gasteiger partial charge in [0.25, 0.3) is 0 Å². The van der Waals surface area contributed by atoms with Gasteiger partial charge in [0.1, 0.15) is 0 Å². The molecule has 0 aromatic carbocycles. The van der Waals surface area contributed by atoms with Gasteiger partial charge < -0.3 is 4.90 Å². The Kier molecular flexibility index (Phi) is 3.58. The number of nitrogens with zero attached hydrogens (tertiary/aromatic N) is 2. The second-order valence-corrected chi connectivity index (χ2v) is 6.51. The van der Waals surface area contributed by atoms with Crippen molar-refractivity contribution in [1.29, 1.82) is 0 Å². The molecule has 4 unspecified atom stereocenters. The molecule has 3 saturated heterocycles. The van der Waals surface area contributed by atoms with Crippen LogP contribution in [0.4, 0.5) is 0 Å². The monoisotopic (exact) mass is 492 g/mol. The normalized spacial score (nSPS) is 50.2. The fourth-order valence-corrected chi connectivity index (χ4v) is 4.42. The van der Waals surface area contributed by atoms with E-state index in [9.17, 15) is 0 Å². The SMILES string of the molecule is C[C-]1N2CC3C(CCCN3I)CC12C.[Re]. The molecule has 3 rings (SSSR count). The van der Waals surface area contributed by atoms with E-state index in [4.69, 9.17) is 0 Å². The molecule has 3 aliphatic rings. The molecule has 0 aromatic heterocycles. The average molecular weight is 491 g/mol. The first-order valence-corrected chi connectivity index (χ1v) is 6.63. The predicted octanol–water partition coefficient (Wildman–Crippen LogP) is 2.44. The molecule has 2 nitrogen and oxygen atoms in total. The molecule has 0 spiro atoms. The van der Waals surface area contributed by atoms with Crippen molar-refractivity contribution < 1.29 is 20.4 Å². The second kappa shape index (κ2) is 4.20. The van der Waals surface area contributed by atoms with Crippen molar-refractivity contribution >= 4 is 22.9 Å². The van der Waals surface area contributed by atoms with Crippen molar-refractivity contribution in [2.75, 3.05) is 13.1 Å². The molecule has 0 amide bonds. The zero-order valence-electron chi connectivity index (χ0n) is 9.34. The first kappa shape index (κ1) is 12.8. The molecule has 3 heterocycles. The van der Waals surface area contributed by atoms with E-state index in [1.165, 1.54) is 32.4 Å². The zero-order valence-corrected chi connectivity index (χ0v) is 14.2. The Morgan fingerprint density at radius 3 is 2.93 bits per heavy atom. The van der Waals surface area contributed by atoms with Crippen LogP contribution in [0.1, 0.15) is 33.1 Å². The summed E-state index contributed by atoms with van der Waals surface area (Å²) in [7, 11) is 0. The third-order valence-corrected chi connectivity index (χ3v) is 5.81. The van der Waals surface area contributed by atoms with E-state index in [1.807, 2.05) is 0 Å². The summed E-state index contributed by atoms with van der Waals surface area (Å²) < 4.78 is 2.55. The summed E-state index contributed by atoms with van der Waals surface area (Å²) in [6, 6.07) is 2.46. The predicted molar refractivity (Wildman–Crippen MR) is 65.9 cm³/mol. The summed E-state index contributed by atoms with van der Waals surface area (Å²) >= 11 is 2.53. The maximum Gasteiger partial charge on any atom is 0.0324 e. The van der Waals surface area contributed by atoms with Crippen molar-refractivity contribution in [3.63, 3.8) is 0 Å². The summed E-state index contributed by atoms with van der Waals surface area (Å²) in [6.45, 7) is 7.32. The van der Waals surface area contributed by atoms with Crippen molar-refractivity contribution in [3.8, 4) is 0 Å². The van der Waals surface area contributed by atoms with Crippen molar-refractivity contribution in [1.82, 2.24) is 8.01 Å². The van der Waals surface area contributed by atoms with Crippen LogP contribution in [-0.2, 0) is 20.4 Å². The standard InChI is InChI=1S/C11H18IN2.Re/c1-8-11(2)6-9-4-3-5-14(12)10(9)7-13(8)11;/h9-10H,3-7H2,1-2H3;/q-1;.